The molecule has 2 aliphatic carbocycles. The van der Waals surface area contributed by atoms with Gasteiger partial charge in [0, 0.05) is 34.8 Å². The highest BCUT2D eigenvalue weighted by Gasteiger charge is 2.40. The third-order valence-electron chi connectivity index (χ3n) is 7.43. The maximum atomic E-state index is 13.1. The maximum Gasteiger partial charge on any atom is 0.230 e. The molecule has 2 saturated carbocycles. The summed E-state index contributed by atoms with van der Waals surface area (Å²) in [6, 6.07) is 4.23. The summed E-state index contributed by atoms with van der Waals surface area (Å²) in [4.78, 5) is 15.1. The number of amides is 1. The Morgan fingerprint density at radius 1 is 1.12 bits per heavy atom. The molecule has 0 N–H and O–H groups in total. The van der Waals surface area contributed by atoms with Gasteiger partial charge in [0.15, 0.2) is 9.84 Å². The van der Waals surface area contributed by atoms with Crippen molar-refractivity contribution in [3.05, 3.63) is 30.1 Å². The molecular formula is C24H29N3O4S. The SMILES string of the molecule is C[C@H]1CCc2c(ccc(-c3cnn(C4CS(=O)(=O)C4)c3)c2OC2CCC2)N1C(=O)C1CC1. The van der Waals surface area contributed by atoms with Gasteiger partial charge in [0.2, 0.25) is 5.91 Å². The van der Waals surface area contributed by atoms with E-state index >= 15 is 0 Å². The van der Waals surface area contributed by atoms with Gasteiger partial charge >= 0.3 is 0 Å². The molecule has 7 nitrogen and oxygen atoms in total. The van der Waals surface area contributed by atoms with Crippen molar-refractivity contribution in [2.24, 2.45) is 5.92 Å². The van der Waals surface area contributed by atoms with Crippen LogP contribution >= 0.6 is 0 Å². The van der Waals surface area contributed by atoms with Gasteiger partial charge in [-0.25, -0.2) is 8.42 Å². The van der Waals surface area contributed by atoms with Crippen molar-refractivity contribution < 1.29 is 17.9 Å². The van der Waals surface area contributed by atoms with Gasteiger partial charge in [-0.05, 0) is 64.0 Å². The van der Waals surface area contributed by atoms with Crippen molar-refractivity contribution >= 4 is 21.4 Å². The van der Waals surface area contributed by atoms with Crippen LogP contribution in [0, 0.1) is 5.92 Å². The quantitative estimate of drug-likeness (QED) is 0.689. The number of fused-ring (bicyclic) bond motifs is 1. The molecule has 170 valence electrons. The van der Waals surface area contributed by atoms with Crippen molar-refractivity contribution in [2.75, 3.05) is 16.4 Å². The van der Waals surface area contributed by atoms with Gasteiger partial charge < -0.3 is 9.64 Å². The number of nitrogens with zero attached hydrogens (tertiary/aromatic N) is 3. The van der Waals surface area contributed by atoms with Crippen LogP contribution in [-0.2, 0) is 21.1 Å². The number of carbonyl (C=O) groups excluding carboxylic acids is 1. The molecule has 2 aromatic rings. The van der Waals surface area contributed by atoms with Gasteiger partial charge in [-0.3, -0.25) is 9.48 Å². The summed E-state index contributed by atoms with van der Waals surface area (Å²) in [7, 11) is -2.91. The molecule has 6 rings (SSSR count). The number of hydrogen-bond donors (Lipinski definition) is 0. The summed E-state index contributed by atoms with van der Waals surface area (Å²) in [6.07, 6.45) is 11.1. The fourth-order valence-corrected chi connectivity index (χ4v) is 6.43. The minimum atomic E-state index is -2.91. The maximum absolute atomic E-state index is 13.1. The van der Waals surface area contributed by atoms with E-state index < -0.39 is 9.84 Å². The summed E-state index contributed by atoms with van der Waals surface area (Å²) in [5, 5.41) is 4.47. The summed E-state index contributed by atoms with van der Waals surface area (Å²) in [5.41, 5.74) is 4.04. The zero-order valence-corrected chi connectivity index (χ0v) is 19.2. The monoisotopic (exact) mass is 455 g/mol. The first kappa shape index (κ1) is 20.3. The third kappa shape index (κ3) is 3.43. The molecule has 8 heteroatoms. The molecule has 0 unspecified atom stereocenters. The number of anilines is 1. The highest BCUT2D eigenvalue weighted by Crippen LogP contribution is 2.46. The first-order valence-corrected chi connectivity index (χ1v) is 13.6. The van der Waals surface area contributed by atoms with Crippen LogP contribution in [0.15, 0.2) is 24.5 Å². The number of benzene rings is 1. The summed E-state index contributed by atoms with van der Waals surface area (Å²) in [6.45, 7) is 2.14. The van der Waals surface area contributed by atoms with Crippen LogP contribution in [0.4, 0.5) is 5.69 Å². The lowest BCUT2D eigenvalue weighted by Crippen LogP contribution is -2.43. The lowest BCUT2D eigenvalue weighted by atomic mass is 9.91. The van der Waals surface area contributed by atoms with Crippen LogP contribution in [-0.4, -0.2) is 47.8 Å². The smallest absolute Gasteiger partial charge is 0.230 e. The fraction of sp³-hybridized carbons (Fsp3) is 0.583. The lowest BCUT2D eigenvalue weighted by molar-refractivity contribution is -0.120. The first-order valence-electron chi connectivity index (χ1n) is 11.8. The van der Waals surface area contributed by atoms with Crippen LogP contribution in [0.1, 0.15) is 57.1 Å². The molecule has 0 spiro atoms. The normalized spacial score (nSPS) is 25.0. The van der Waals surface area contributed by atoms with Crippen molar-refractivity contribution in [1.29, 1.82) is 0 Å². The molecule has 1 atom stereocenters. The Hall–Kier alpha value is -2.35. The molecule has 1 saturated heterocycles. The Labute approximate surface area is 188 Å². The molecule has 3 heterocycles. The molecule has 1 amide bonds. The average molecular weight is 456 g/mol. The molecule has 1 aromatic heterocycles. The van der Waals surface area contributed by atoms with Gasteiger partial charge in [-0.15, -0.1) is 0 Å². The Kier molecular flexibility index (Phi) is 4.65. The summed E-state index contributed by atoms with van der Waals surface area (Å²) < 4.78 is 31.5. The molecule has 0 bridgehead atoms. The van der Waals surface area contributed by atoms with Crippen molar-refractivity contribution in [1.82, 2.24) is 9.78 Å². The molecule has 0 radical (unpaired) electrons. The molecule has 2 aliphatic heterocycles. The van der Waals surface area contributed by atoms with Crippen LogP contribution in [0.25, 0.3) is 11.1 Å². The van der Waals surface area contributed by atoms with Gasteiger partial charge in [0.05, 0.1) is 35.5 Å². The standard InChI is InChI=1S/C24H29N3O4S/c1-15-5-8-21-22(27(15)24(28)16-6-7-16)10-9-20(23(21)31-19-3-2-4-19)17-11-25-26(12-17)18-13-32(29,30)14-18/h9-12,15-16,18-19H,2-8,13-14H2,1H3/t15-/m0/s1. The Morgan fingerprint density at radius 3 is 2.56 bits per heavy atom. The zero-order chi connectivity index (χ0) is 22.0. The van der Waals surface area contributed by atoms with Gasteiger partial charge in [-0.1, -0.05) is 0 Å². The van der Waals surface area contributed by atoms with E-state index in [1.54, 1.807) is 10.9 Å². The second-order valence-corrected chi connectivity index (χ2v) is 12.1. The van der Waals surface area contributed by atoms with E-state index in [0.29, 0.717) is 0 Å². The molecule has 3 fully saturated rings. The molecule has 32 heavy (non-hydrogen) atoms. The minimum Gasteiger partial charge on any atom is -0.489 e. The van der Waals surface area contributed by atoms with E-state index in [1.165, 1.54) is 6.42 Å². The van der Waals surface area contributed by atoms with Gasteiger partial charge in [-0.2, -0.15) is 5.10 Å². The number of sulfone groups is 1. The zero-order valence-electron chi connectivity index (χ0n) is 18.4. The predicted molar refractivity (Wildman–Crippen MR) is 122 cm³/mol. The van der Waals surface area contributed by atoms with Crippen LogP contribution in [0.5, 0.6) is 5.75 Å². The topological polar surface area (TPSA) is 81.5 Å². The number of rotatable bonds is 5. The largest absolute Gasteiger partial charge is 0.489 e. The van der Waals surface area contributed by atoms with Crippen LogP contribution in [0.3, 0.4) is 0 Å². The van der Waals surface area contributed by atoms with Crippen molar-refractivity contribution in [2.45, 2.75) is 70.1 Å². The highest BCUT2D eigenvalue weighted by atomic mass is 32.2. The van der Waals surface area contributed by atoms with E-state index in [9.17, 15) is 13.2 Å². The second-order valence-electron chi connectivity index (χ2n) is 9.92. The molecular weight excluding hydrogens is 426 g/mol. The van der Waals surface area contributed by atoms with E-state index in [1.807, 2.05) is 11.1 Å². The number of carbonyl (C=O) groups is 1. The third-order valence-corrected chi connectivity index (χ3v) is 9.21. The Morgan fingerprint density at radius 2 is 1.91 bits per heavy atom. The van der Waals surface area contributed by atoms with E-state index in [4.69, 9.17) is 4.74 Å². The number of hydrogen-bond acceptors (Lipinski definition) is 5. The van der Waals surface area contributed by atoms with Gasteiger partial charge in [0.1, 0.15) is 5.75 Å². The molecule has 1 aromatic carbocycles. The first-order chi connectivity index (χ1) is 15.4. The number of aromatic nitrogens is 2. The van der Waals surface area contributed by atoms with Crippen molar-refractivity contribution in [3.8, 4) is 16.9 Å². The van der Waals surface area contributed by atoms with E-state index in [-0.39, 0.29) is 41.5 Å². The Bertz CT molecular complexity index is 1170. The number of ether oxygens (including phenoxy) is 1. The average Bonchev–Trinajstić information content (AvgIpc) is 3.45. The van der Waals surface area contributed by atoms with E-state index in [0.717, 1.165) is 66.7 Å². The van der Waals surface area contributed by atoms with Crippen LogP contribution in [0.2, 0.25) is 0 Å². The van der Waals surface area contributed by atoms with E-state index in [2.05, 4.69) is 24.2 Å². The summed E-state index contributed by atoms with van der Waals surface area (Å²) >= 11 is 0. The van der Waals surface area contributed by atoms with Crippen molar-refractivity contribution in [3.63, 3.8) is 0 Å². The predicted octanol–water partition coefficient (Wildman–Crippen LogP) is 3.53. The second kappa shape index (κ2) is 7.33. The summed E-state index contributed by atoms with van der Waals surface area (Å²) in [5.74, 6) is 1.61. The van der Waals surface area contributed by atoms with Gasteiger partial charge in [0.25, 0.3) is 0 Å². The molecule has 4 aliphatic rings. The highest BCUT2D eigenvalue weighted by molar-refractivity contribution is 7.92. The fourth-order valence-electron chi connectivity index (χ4n) is 5.05. The Balaban J connectivity index is 1.39. The lowest BCUT2D eigenvalue weighted by Gasteiger charge is -2.38. The van der Waals surface area contributed by atoms with Crippen LogP contribution < -0.4 is 9.64 Å². The minimum absolute atomic E-state index is 0.0881.